The molecule has 1 saturated heterocycles. The van der Waals surface area contributed by atoms with Gasteiger partial charge >= 0.3 is 5.97 Å². The number of amides is 1. The van der Waals surface area contributed by atoms with E-state index >= 15 is 0 Å². The second kappa shape index (κ2) is 10.2. The van der Waals surface area contributed by atoms with E-state index < -0.39 is 17.9 Å². The molecule has 4 rings (SSSR count). The SMILES string of the molecule is COc1ccc([C@@H]2[C@@H](C(=O)O)[C@@H](c3ccc4c(c3)OCO4)CN2CC(=O)N(C(C)C)C(C)C)cc1. The number of rotatable bonds is 8. The number of fused-ring (bicyclic) bond motifs is 1. The van der Waals surface area contributed by atoms with Crippen LogP contribution >= 0.6 is 0 Å². The van der Waals surface area contributed by atoms with E-state index in [1.54, 1.807) is 7.11 Å². The second-order valence-electron chi connectivity index (χ2n) is 9.72. The van der Waals surface area contributed by atoms with Crippen LogP contribution < -0.4 is 14.2 Å². The molecule has 0 radical (unpaired) electrons. The summed E-state index contributed by atoms with van der Waals surface area (Å²) in [6.07, 6.45) is 0. The van der Waals surface area contributed by atoms with Gasteiger partial charge in [0.2, 0.25) is 12.7 Å². The van der Waals surface area contributed by atoms with Gasteiger partial charge < -0.3 is 24.2 Å². The Kier molecular flexibility index (Phi) is 7.21. The summed E-state index contributed by atoms with van der Waals surface area (Å²) in [4.78, 5) is 30.0. The van der Waals surface area contributed by atoms with Crippen molar-refractivity contribution >= 4 is 11.9 Å². The third kappa shape index (κ3) is 4.93. The van der Waals surface area contributed by atoms with Crippen LogP contribution in [0.2, 0.25) is 0 Å². The van der Waals surface area contributed by atoms with Crippen molar-refractivity contribution in [2.45, 2.75) is 51.7 Å². The third-order valence-corrected chi connectivity index (χ3v) is 6.90. The van der Waals surface area contributed by atoms with Crippen LogP contribution in [0.4, 0.5) is 0 Å². The molecule has 35 heavy (non-hydrogen) atoms. The molecule has 1 N–H and O–H groups in total. The molecule has 2 aliphatic heterocycles. The fraction of sp³-hybridized carbons (Fsp3) is 0.481. The van der Waals surface area contributed by atoms with E-state index in [-0.39, 0.29) is 37.2 Å². The molecule has 188 valence electrons. The lowest BCUT2D eigenvalue weighted by molar-refractivity contribution is -0.144. The van der Waals surface area contributed by atoms with E-state index in [4.69, 9.17) is 14.2 Å². The van der Waals surface area contributed by atoms with Crippen molar-refractivity contribution in [3.8, 4) is 17.2 Å². The fourth-order valence-electron chi connectivity index (χ4n) is 5.50. The number of carboxylic acids is 1. The Balaban J connectivity index is 1.73. The van der Waals surface area contributed by atoms with Gasteiger partial charge in [0, 0.05) is 30.6 Å². The summed E-state index contributed by atoms with van der Waals surface area (Å²) < 4.78 is 16.3. The largest absolute Gasteiger partial charge is 0.497 e. The first-order valence-electron chi connectivity index (χ1n) is 12.0. The first-order valence-corrected chi connectivity index (χ1v) is 12.0. The number of hydrogen-bond donors (Lipinski definition) is 1. The Bertz CT molecular complexity index is 1060. The zero-order chi connectivity index (χ0) is 25.3. The van der Waals surface area contributed by atoms with Crippen LogP contribution in [0.3, 0.4) is 0 Å². The quantitative estimate of drug-likeness (QED) is 0.610. The molecule has 3 atom stereocenters. The highest BCUT2D eigenvalue weighted by Crippen LogP contribution is 2.47. The highest BCUT2D eigenvalue weighted by atomic mass is 16.7. The van der Waals surface area contributed by atoms with Crippen LogP contribution in [0.25, 0.3) is 0 Å². The zero-order valence-corrected chi connectivity index (χ0v) is 20.9. The molecular weight excluding hydrogens is 448 g/mol. The maximum absolute atomic E-state index is 13.4. The maximum Gasteiger partial charge on any atom is 0.309 e. The van der Waals surface area contributed by atoms with Crippen LogP contribution in [0, 0.1) is 5.92 Å². The van der Waals surface area contributed by atoms with E-state index in [0.717, 1.165) is 11.1 Å². The second-order valence-corrected chi connectivity index (χ2v) is 9.72. The molecule has 8 heteroatoms. The molecule has 2 aromatic rings. The number of hydrogen-bond acceptors (Lipinski definition) is 6. The number of methoxy groups -OCH3 is 1. The monoisotopic (exact) mass is 482 g/mol. The fourth-order valence-corrected chi connectivity index (χ4v) is 5.50. The van der Waals surface area contributed by atoms with Crippen molar-refractivity contribution in [3.63, 3.8) is 0 Å². The lowest BCUT2D eigenvalue weighted by Crippen LogP contribution is -2.47. The van der Waals surface area contributed by atoms with E-state index in [0.29, 0.717) is 23.8 Å². The number of carbonyl (C=O) groups excluding carboxylic acids is 1. The van der Waals surface area contributed by atoms with E-state index in [2.05, 4.69) is 0 Å². The van der Waals surface area contributed by atoms with Crippen LogP contribution in [-0.2, 0) is 9.59 Å². The standard InChI is InChI=1S/C27H34N2O6/c1-16(2)29(17(3)4)24(30)14-28-13-21(19-8-11-22-23(12-19)35-15-34-22)25(27(31)32)26(28)18-6-9-20(33-5)10-7-18/h6-12,16-17,21,25-26H,13-15H2,1-5H3,(H,31,32)/t21-,25+,26-/m1/s1. The minimum atomic E-state index is -0.895. The molecule has 0 unspecified atom stereocenters. The number of nitrogens with zero attached hydrogens (tertiary/aromatic N) is 2. The molecule has 8 nitrogen and oxygen atoms in total. The highest BCUT2D eigenvalue weighted by molar-refractivity contribution is 5.80. The average Bonchev–Trinajstić information content (AvgIpc) is 3.42. The zero-order valence-electron chi connectivity index (χ0n) is 20.9. The third-order valence-electron chi connectivity index (χ3n) is 6.90. The van der Waals surface area contributed by atoms with Gasteiger partial charge in [0.05, 0.1) is 19.6 Å². The molecule has 0 saturated carbocycles. The van der Waals surface area contributed by atoms with Crippen molar-refractivity contribution < 1.29 is 28.9 Å². The van der Waals surface area contributed by atoms with Gasteiger partial charge in [0.1, 0.15) is 5.75 Å². The van der Waals surface area contributed by atoms with Crippen LogP contribution in [0.15, 0.2) is 42.5 Å². The Labute approximate surface area is 206 Å². The Hall–Kier alpha value is -3.26. The smallest absolute Gasteiger partial charge is 0.309 e. The predicted octanol–water partition coefficient (Wildman–Crippen LogP) is 3.91. The lowest BCUT2D eigenvalue weighted by Gasteiger charge is -2.34. The summed E-state index contributed by atoms with van der Waals surface area (Å²) >= 11 is 0. The van der Waals surface area contributed by atoms with Gasteiger partial charge in [-0.2, -0.15) is 0 Å². The maximum atomic E-state index is 13.4. The van der Waals surface area contributed by atoms with Gasteiger partial charge in [-0.05, 0) is 63.1 Å². The topological polar surface area (TPSA) is 88.5 Å². The minimum absolute atomic E-state index is 0.0102. The number of benzene rings is 2. The molecule has 0 spiro atoms. The van der Waals surface area contributed by atoms with Crippen LogP contribution in [0.1, 0.15) is 50.8 Å². The van der Waals surface area contributed by atoms with Crippen molar-refractivity contribution in [2.24, 2.45) is 5.92 Å². The molecule has 1 fully saturated rings. The molecule has 0 aromatic heterocycles. The van der Waals surface area contributed by atoms with E-state index in [1.807, 2.05) is 80.0 Å². The van der Waals surface area contributed by atoms with Crippen molar-refractivity contribution in [1.82, 2.24) is 9.80 Å². The first kappa shape index (κ1) is 24.9. The molecular formula is C27H34N2O6. The van der Waals surface area contributed by atoms with Crippen molar-refractivity contribution in [3.05, 3.63) is 53.6 Å². The molecule has 2 heterocycles. The Morgan fingerprint density at radius 1 is 1.03 bits per heavy atom. The Morgan fingerprint density at radius 2 is 1.66 bits per heavy atom. The van der Waals surface area contributed by atoms with Crippen molar-refractivity contribution in [2.75, 3.05) is 27.0 Å². The average molecular weight is 483 g/mol. The van der Waals surface area contributed by atoms with E-state index in [1.165, 1.54) is 0 Å². The van der Waals surface area contributed by atoms with Gasteiger partial charge in [-0.25, -0.2) is 0 Å². The summed E-state index contributed by atoms with van der Waals surface area (Å²) in [5.41, 5.74) is 1.70. The highest BCUT2D eigenvalue weighted by Gasteiger charge is 2.48. The summed E-state index contributed by atoms with van der Waals surface area (Å²) in [7, 11) is 1.59. The first-order chi connectivity index (χ1) is 16.7. The minimum Gasteiger partial charge on any atom is -0.497 e. The number of likely N-dealkylation sites (tertiary alicyclic amines) is 1. The number of ether oxygens (including phenoxy) is 3. The van der Waals surface area contributed by atoms with Gasteiger partial charge in [-0.15, -0.1) is 0 Å². The molecule has 2 aromatic carbocycles. The van der Waals surface area contributed by atoms with Crippen LogP contribution in [-0.4, -0.2) is 65.9 Å². The Morgan fingerprint density at radius 3 is 2.26 bits per heavy atom. The molecule has 2 aliphatic rings. The van der Waals surface area contributed by atoms with Gasteiger partial charge in [-0.3, -0.25) is 14.5 Å². The van der Waals surface area contributed by atoms with Crippen LogP contribution in [0.5, 0.6) is 17.2 Å². The number of aliphatic carboxylic acids is 1. The molecule has 0 aliphatic carbocycles. The lowest BCUT2D eigenvalue weighted by atomic mass is 9.82. The van der Waals surface area contributed by atoms with Gasteiger partial charge in [0.15, 0.2) is 11.5 Å². The van der Waals surface area contributed by atoms with Crippen molar-refractivity contribution in [1.29, 1.82) is 0 Å². The van der Waals surface area contributed by atoms with Gasteiger partial charge in [-0.1, -0.05) is 18.2 Å². The molecule has 0 bridgehead atoms. The summed E-state index contributed by atoms with van der Waals surface area (Å²) in [6, 6.07) is 12.7. The summed E-state index contributed by atoms with van der Waals surface area (Å²) in [6.45, 7) is 8.72. The normalized spacial score (nSPS) is 21.5. The number of carbonyl (C=O) groups is 2. The predicted molar refractivity (Wildman–Crippen MR) is 131 cm³/mol. The summed E-state index contributed by atoms with van der Waals surface area (Å²) in [5, 5.41) is 10.4. The van der Waals surface area contributed by atoms with Gasteiger partial charge in [0.25, 0.3) is 0 Å². The summed E-state index contributed by atoms with van der Waals surface area (Å²) in [5.74, 6) is -0.0113. The molecule has 1 amide bonds. The number of carboxylic acid groups (broad SMARTS) is 1. The van der Waals surface area contributed by atoms with E-state index in [9.17, 15) is 14.7 Å².